The number of nitrogens with one attached hydrogen (secondary N) is 1. The quantitative estimate of drug-likeness (QED) is 0.602. The third-order valence-electron chi connectivity index (χ3n) is 2.87. The Hall–Kier alpha value is -0.130. The number of carbonyl (C=O) groups excluding carboxylic acids is 2. The molecule has 88 valence electrons. The van der Waals surface area contributed by atoms with E-state index < -0.39 is 0 Å². The van der Waals surface area contributed by atoms with Gasteiger partial charge in [0.05, 0.1) is 0 Å². The summed E-state index contributed by atoms with van der Waals surface area (Å²) in [5.41, 5.74) is 0. The predicted octanol–water partition coefficient (Wildman–Crippen LogP) is 2.38. The van der Waals surface area contributed by atoms with Crippen molar-refractivity contribution in [2.24, 2.45) is 17.8 Å². The molecule has 0 aromatic carbocycles. The van der Waals surface area contributed by atoms with Crippen LogP contribution < -0.4 is 5.32 Å². The van der Waals surface area contributed by atoms with Crippen LogP contribution in [-0.4, -0.2) is 16.2 Å². The highest BCUT2D eigenvalue weighted by molar-refractivity contribution is 14.1. The van der Waals surface area contributed by atoms with Gasteiger partial charge in [0.1, 0.15) is 0 Å². The second kappa shape index (κ2) is 7.19. The highest BCUT2D eigenvalue weighted by Crippen LogP contribution is 2.14. The maximum Gasteiger partial charge on any atom is 0.222 e. The zero-order chi connectivity index (χ0) is 12.0. The van der Waals surface area contributed by atoms with Crippen molar-refractivity contribution in [3.8, 4) is 0 Å². The molecule has 0 fully saturated rings. The topological polar surface area (TPSA) is 46.2 Å². The molecular formula is C11H20INO2. The van der Waals surface area contributed by atoms with E-state index in [1.807, 2.05) is 50.3 Å². The summed E-state index contributed by atoms with van der Waals surface area (Å²) in [7, 11) is 0. The van der Waals surface area contributed by atoms with Gasteiger partial charge in [0.2, 0.25) is 5.91 Å². The van der Waals surface area contributed by atoms with Crippen molar-refractivity contribution in [2.45, 2.75) is 34.1 Å². The summed E-state index contributed by atoms with van der Waals surface area (Å²) < 4.78 is 0.151. The van der Waals surface area contributed by atoms with Crippen LogP contribution in [0.4, 0.5) is 0 Å². The third kappa shape index (κ3) is 5.49. The summed E-state index contributed by atoms with van der Waals surface area (Å²) >= 11 is 1.81. The fourth-order valence-corrected chi connectivity index (χ4v) is 1.64. The predicted molar refractivity (Wildman–Crippen MR) is 69.8 cm³/mol. The molecule has 0 aromatic rings. The number of hydrogen-bond donors (Lipinski definition) is 1. The van der Waals surface area contributed by atoms with Gasteiger partial charge in [-0.15, -0.1) is 0 Å². The monoisotopic (exact) mass is 325 g/mol. The molecule has 0 saturated carbocycles. The first-order chi connectivity index (χ1) is 6.90. The molecule has 0 heterocycles. The van der Waals surface area contributed by atoms with Gasteiger partial charge < -0.3 is 5.32 Å². The number of hydrogen-bond acceptors (Lipinski definition) is 2. The smallest absolute Gasteiger partial charge is 0.222 e. The molecule has 0 bridgehead atoms. The van der Waals surface area contributed by atoms with E-state index >= 15 is 0 Å². The molecular weight excluding hydrogens is 305 g/mol. The van der Waals surface area contributed by atoms with Gasteiger partial charge >= 0.3 is 0 Å². The van der Waals surface area contributed by atoms with E-state index in [1.165, 1.54) is 0 Å². The van der Waals surface area contributed by atoms with Crippen molar-refractivity contribution in [3.05, 3.63) is 0 Å². The summed E-state index contributed by atoms with van der Waals surface area (Å²) in [6, 6.07) is 0. The normalized spacial score (nSPS) is 16.6. The Kier molecular flexibility index (Phi) is 7.13. The van der Waals surface area contributed by atoms with Crippen LogP contribution in [-0.2, 0) is 9.59 Å². The molecule has 0 rings (SSSR count). The van der Waals surface area contributed by atoms with Gasteiger partial charge in [-0.2, -0.15) is 0 Å². The zero-order valence-electron chi connectivity index (χ0n) is 9.84. The van der Waals surface area contributed by atoms with Crippen LogP contribution in [0.2, 0.25) is 0 Å². The van der Waals surface area contributed by atoms with Crippen molar-refractivity contribution in [1.29, 1.82) is 0 Å². The first kappa shape index (κ1) is 14.9. The lowest BCUT2D eigenvalue weighted by Crippen LogP contribution is -2.35. The van der Waals surface area contributed by atoms with Gasteiger partial charge in [0, 0.05) is 18.4 Å². The van der Waals surface area contributed by atoms with Crippen LogP contribution in [0.1, 0.15) is 34.1 Å². The number of rotatable bonds is 6. The highest BCUT2D eigenvalue weighted by Gasteiger charge is 2.19. The highest BCUT2D eigenvalue weighted by atomic mass is 127. The molecule has 1 amide bonds. The molecule has 3 unspecified atom stereocenters. The Morgan fingerprint density at radius 3 is 2.20 bits per heavy atom. The van der Waals surface area contributed by atoms with E-state index in [9.17, 15) is 9.59 Å². The van der Waals surface area contributed by atoms with Gasteiger partial charge in [0.15, 0.2) is 3.79 Å². The molecule has 0 aliphatic rings. The molecule has 15 heavy (non-hydrogen) atoms. The number of amides is 1. The van der Waals surface area contributed by atoms with Crippen LogP contribution in [0.5, 0.6) is 0 Å². The van der Waals surface area contributed by atoms with Crippen LogP contribution in [0.3, 0.4) is 0 Å². The summed E-state index contributed by atoms with van der Waals surface area (Å²) in [5.74, 6) is 0.338. The molecule has 0 aliphatic heterocycles. The lowest BCUT2D eigenvalue weighted by Gasteiger charge is -2.18. The van der Waals surface area contributed by atoms with Crippen molar-refractivity contribution < 1.29 is 9.59 Å². The fourth-order valence-electron chi connectivity index (χ4n) is 1.02. The average molecular weight is 325 g/mol. The largest absolute Gasteiger partial charge is 0.356 e. The van der Waals surface area contributed by atoms with Crippen LogP contribution in [0.25, 0.3) is 0 Å². The fraction of sp³-hybridized carbons (Fsp3) is 0.818. The Morgan fingerprint density at radius 1 is 1.27 bits per heavy atom. The molecule has 3 nitrogen and oxygen atoms in total. The molecule has 4 heteroatoms. The van der Waals surface area contributed by atoms with Crippen LogP contribution >= 0.6 is 22.6 Å². The summed E-state index contributed by atoms with van der Waals surface area (Å²) in [6.07, 6.45) is 0.848. The van der Waals surface area contributed by atoms with E-state index in [0.29, 0.717) is 6.54 Å². The molecule has 3 atom stereocenters. The average Bonchev–Trinajstić information content (AvgIpc) is 2.22. The minimum atomic E-state index is 0.00262. The van der Waals surface area contributed by atoms with E-state index in [0.717, 1.165) is 6.42 Å². The van der Waals surface area contributed by atoms with Crippen molar-refractivity contribution in [1.82, 2.24) is 5.32 Å². The van der Waals surface area contributed by atoms with Gasteiger partial charge in [-0.05, 0) is 34.9 Å². The molecule has 1 N–H and O–H groups in total. The third-order valence-corrected chi connectivity index (χ3v) is 3.85. The minimum absolute atomic E-state index is 0.00262. The summed E-state index contributed by atoms with van der Waals surface area (Å²) in [5, 5.41) is 2.87. The first-order valence-electron chi connectivity index (χ1n) is 5.37. The molecule has 0 radical (unpaired) electrons. The minimum Gasteiger partial charge on any atom is -0.356 e. The van der Waals surface area contributed by atoms with Crippen molar-refractivity contribution in [2.75, 3.05) is 6.54 Å². The summed E-state index contributed by atoms with van der Waals surface area (Å²) in [6.45, 7) is 8.36. The standard InChI is InChI=1S/C11H20INO2/c1-5-7(2)11(15)13-6-8(3)9(4)10(12)14/h7-9H,5-6H2,1-4H3,(H,13,15). The van der Waals surface area contributed by atoms with Gasteiger partial charge in [-0.1, -0.05) is 27.7 Å². The molecule has 0 aliphatic carbocycles. The van der Waals surface area contributed by atoms with E-state index in [-0.39, 0.29) is 27.5 Å². The maximum absolute atomic E-state index is 11.5. The van der Waals surface area contributed by atoms with Crippen molar-refractivity contribution in [3.63, 3.8) is 0 Å². The van der Waals surface area contributed by atoms with Crippen LogP contribution in [0.15, 0.2) is 0 Å². The first-order valence-corrected chi connectivity index (χ1v) is 6.45. The number of carbonyl (C=O) groups is 2. The Bertz CT molecular complexity index is 231. The van der Waals surface area contributed by atoms with Gasteiger partial charge in [-0.3, -0.25) is 9.59 Å². The van der Waals surface area contributed by atoms with Gasteiger partial charge in [0.25, 0.3) is 0 Å². The summed E-state index contributed by atoms with van der Waals surface area (Å²) in [4.78, 5) is 22.6. The Morgan fingerprint density at radius 2 is 1.80 bits per heavy atom. The molecule has 0 aromatic heterocycles. The zero-order valence-corrected chi connectivity index (χ0v) is 12.0. The Labute approximate surface area is 106 Å². The van der Waals surface area contributed by atoms with Crippen molar-refractivity contribution >= 4 is 32.3 Å². The lowest BCUT2D eigenvalue weighted by molar-refractivity contribution is -0.125. The van der Waals surface area contributed by atoms with E-state index in [1.54, 1.807) is 0 Å². The van der Waals surface area contributed by atoms with Crippen LogP contribution in [0, 0.1) is 17.8 Å². The molecule has 0 spiro atoms. The lowest BCUT2D eigenvalue weighted by atomic mass is 9.97. The van der Waals surface area contributed by atoms with Gasteiger partial charge in [-0.25, -0.2) is 0 Å². The maximum atomic E-state index is 11.5. The SMILES string of the molecule is CCC(C)C(=O)NCC(C)C(C)C(=O)I. The van der Waals surface area contributed by atoms with E-state index in [4.69, 9.17) is 0 Å². The van der Waals surface area contributed by atoms with E-state index in [2.05, 4.69) is 5.32 Å². The molecule has 0 saturated heterocycles. The number of halogens is 1. The Balaban J connectivity index is 3.95. The second-order valence-corrected chi connectivity index (χ2v) is 5.19. The second-order valence-electron chi connectivity index (χ2n) is 4.12.